The van der Waals surface area contributed by atoms with Crippen LogP contribution in [0.15, 0.2) is 42.5 Å². The summed E-state index contributed by atoms with van der Waals surface area (Å²) in [7, 11) is 2.04. The molecule has 0 spiro atoms. The van der Waals surface area contributed by atoms with Crippen molar-refractivity contribution in [3.8, 4) is 5.75 Å². The number of carbonyl (C=O) groups excluding carboxylic acids is 1. The highest BCUT2D eigenvalue weighted by Crippen LogP contribution is 2.23. The Labute approximate surface area is 142 Å². The molecule has 0 saturated heterocycles. The van der Waals surface area contributed by atoms with Gasteiger partial charge < -0.3 is 4.74 Å². The van der Waals surface area contributed by atoms with Crippen molar-refractivity contribution in [2.75, 3.05) is 13.7 Å². The number of hydrogen-bond acceptors (Lipinski definition) is 3. The fourth-order valence-corrected chi connectivity index (χ4v) is 2.72. The topological polar surface area (TPSA) is 29.5 Å². The number of carbonyl (C=O) groups is 1. The smallest absolute Gasteiger partial charge is 0.159 e. The zero-order valence-electron chi connectivity index (χ0n) is 13.8. The second-order valence-electron chi connectivity index (χ2n) is 5.61. The van der Waals surface area contributed by atoms with Crippen molar-refractivity contribution in [1.82, 2.24) is 4.90 Å². The summed E-state index contributed by atoms with van der Waals surface area (Å²) in [5.41, 5.74) is 2.88. The number of ketones is 1. The molecular formula is C19H22ClNO2. The van der Waals surface area contributed by atoms with Crippen LogP contribution in [-0.4, -0.2) is 24.3 Å². The number of nitrogens with zero attached hydrogens (tertiary/aromatic N) is 1. The molecule has 0 radical (unpaired) electrons. The molecule has 23 heavy (non-hydrogen) atoms. The van der Waals surface area contributed by atoms with Gasteiger partial charge in [0, 0.05) is 29.2 Å². The zero-order chi connectivity index (χ0) is 16.8. The molecule has 0 unspecified atom stereocenters. The summed E-state index contributed by atoms with van der Waals surface area (Å²) in [5.74, 6) is 0.891. The molecule has 0 N–H and O–H groups in total. The number of benzene rings is 2. The minimum atomic E-state index is 0.0618. The van der Waals surface area contributed by atoms with Crippen molar-refractivity contribution >= 4 is 17.4 Å². The van der Waals surface area contributed by atoms with Crippen LogP contribution in [-0.2, 0) is 13.1 Å². The van der Waals surface area contributed by atoms with Gasteiger partial charge >= 0.3 is 0 Å². The van der Waals surface area contributed by atoms with Crippen molar-refractivity contribution in [1.29, 1.82) is 0 Å². The third kappa shape index (κ3) is 5.08. The molecule has 2 aromatic rings. The maximum absolute atomic E-state index is 11.6. The van der Waals surface area contributed by atoms with Gasteiger partial charge in [-0.05, 0) is 56.8 Å². The van der Waals surface area contributed by atoms with E-state index in [9.17, 15) is 4.79 Å². The van der Waals surface area contributed by atoms with E-state index >= 15 is 0 Å². The molecule has 0 atom stereocenters. The Hall–Kier alpha value is -1.84. The van der Waals surface area contributed by atoms with Gasteiger partial charge in [-0.2, -0.15) is 0 Å². The summed E-state index contributed by atoms with van der Waals surface area (Å²) in [4.78, 5) is 13.8. The lowest BCUT2D eigenvalue weighted by atomic mass is 10.1. The van der Waals surface area contributed by atoms with Gasteiger partial charge in [0.25, 0.3) is 0 Å². The molecule has 2 aromatic carbocycles. The highest BCUT2D eigenvalue weighted by molar-refractivity contribution is 6.30. The largest absolute Gasteiger partial charge is 0.494 e. The summed E-state index contributed by atoms with van der Waals surface area (Å²) in [5, 5.41) is 0.740. The monoisotopic (exact) mass is 331 g/mol. The van der Waals surface area contributed by atoms with Crippen LogP contribution in [0.1, 0.15) is 35.3 Å². The molecular weight excluding hydrogens is 310 g/mol. The van der Waals surface area contributed by atoms with Gasteiger partial charge in [0.2, 0.25) is 0 Å². The molecule has 0 fully saturated rings. The van der Waals surface area contributed by atoms with E-state index in [0.717, 1.165) is 28.4 Å². The SMILES string of the molecule is CCOc1ccc(C(C)=O)cc1CN(C)Cc1cccc(Cl)c1. The predicted octanol–water partition coefficient (Wildman–Crippen LogP) is 4.57. The number of rotatable bonds is 7. The minimum absolute atomic E-state index is 0.0618. The average Bonchev–Trinajstić information content (AvgIpc) is 2.49. The molecule has 0 heterocycles. The molecule has 3 nitrogen and oxygen atoms in total. The Morgan fingerprint density at radius 2 is 1.96 bits per heavy atom. The normalized spacial score (nSPS) is 10.8. The number of hydrogen-bond donors (Lipinski definition) is 0. The summed E-state index contributed by atoms with van der Waals surface area (Å²) in [6.45, 7) is 5.61. The van der Waals surface area contributed by atoms with Crippen LogP contribution < -0.4 is 4.74 Å². The van der Waals surface area contributed by atoms with Crippen LogP contribution in [0.25, 0.3) is 0 Å². The van der Waals surface area contributed by atoms with Gasteiger partial charge in [-0.15, -0.1) is 0 Å². The summed E-state index contributed by atoms with van der Waals surface area (Å²) >= 11 is 6.03. The molecule has 0 aliphatic heterocycles. The third-order valence-electron chi connectivity index (χ3n) is 3.55. The van der Waals surface area contributed by atoms with E-state index < -0.39 is 0 Å². The molecule has 0 amide bonds. The standard InChI is InChI=1S/C19H22ClNO2/c1-4-23-19-9-8-16(14(2)22)11-17(19)13-21(3)12-15-6-5-7-18(20)10-15/h5-11H,4,12-13H2,1-3H3. The molecule has 0 bridgehead atoms. The lowest BCUT2D eigenvalue weighted by Crippen LogP contribution is -2.18. The first-order valence-corrected chi connectivity index (χ1v) is 8.07. The molecule has 4 heteroatoms. The first kappa shape index (κ1) is 17.5. The van der Waals surface area contributed by atoms with E-state index in [1.807, 2.05) is 50.4 Å². The summed E-state index contributed by atoms with van der Waals surface area (Å²) < 4.78 is 5.68. The van der Waals surface area contributed by atoms with Crippen LogP contribution >= 0.6 is 11.6 Å². The van der Waals surface area contributed by atoms with E-state index in [1.165, 1.54) is 0 Å². The molecule has 122 valence electrons. The van der Waals surface area contributed by atoms with Crippen LogP contribution in [0.4, 0.5) is 0 Å². The van der Waals surface area contributed by atoms with Gasteiger partial charge in [-0.3, -0.25) is 9.69 Å². The van der Waals surface area contributed by atoms with E-state index in [1.54, 1.807) is 6.92 Å². The number of halogens is 1. The molecule has 0 aromatic heterocycles. The first-order valence-electron chi connectivity index (χ1n) is 7.69. The Balaban J connectivity index is 2.16. The second kappa shape index (κ2) is 8.14. The van der Waals surface area contributed by atoms with Crippen LogP contribution in [0.3, 0.4) is 0 Å². The Morgan fingerprint density at radius 3 is 2.61 bits per heavy atom. The van der Waals surface area contributed by atoms with Crippen molar-refractivity contribution in [2.45, 2.75) is 26.9 Å². The minimum Gasteiger partial charge on any atom is -0.494 e. The maximum Gasteiger partial charge on any atom is 0.159 e. The Kier molecular flexibility index (Phi) is 6.20. The third-order valence-corrected chi connectivity index (χ3v) is 3.78. The highest BCUT2D eigenvalue weighted by Gasteiger charge is 2.10. The maximum atomic E-state index is 11.6. The molecule has 0 aliphatic carbocycles. The average molecular weight is 332 g/mol. The van der Waals surface area contributed by atoms with E-state index in [0.29, 0.717) is 18.7 Å². The number of Topliss-reactive ketones (excluding diaryl/α,β-unsaturated/α-hetero) is 1. The van der Waals surface area contributed by atoms with Crippen molar-refractivity contribution < 1.29 is 9.53 Å². The van der Waals surface area contributed by atoms with Crippen LogP contribution in [0.2, 0.25) is 5.02 Å². The van der Waals surface area contributed by atoms with Crippen LogP contribution in [0.5, 0.6) is 5.75 Å². The lowest BCUT2D eigenvalue weighted by Gasteiger charge is -2.19. The van der Waals surface area contributed by atoms with Gasteiger partial charge in [0.1, 0.15) is 5.75 Å². The fraction of sp³-hybridized carbons (Fsp3) is 0.316. The lowest BCUT2D eigenvalue weighted by molar-refractivity contribution is 0.101. The van der Waals surface area contributed by atoms with E-state index in [2.05, 4.69) is 11.0 Å². The Bertz CT molecular complexity index is 685. The van der Waals surface area contributed by atoms with Crippen molar-refractivity contribution in [3.05, 3.63) is 64.2 Å². The predicted molar refractivity (Wildman–Crippen MR) is 94.2 cm³/mol. The number of ether oxygens (including phenoxy) is 1. The summed E-state index contributed by atoms with van der Waals surface area (Å²) in [6.07, 6.45) is 0. The van der Waals surface area contributed by atoms with Gasteiger partial charge in [0.05, 0.1) is 6.61 Å². The first-order chi connectivity index (χ1) is 11.0. The highest BCUT2D eigenvalue weighted by atomic mass is 35.5. The molecule has 2 rings (SSSR count). The fourth-order valence-electron chi connectivity index (χ4n) is 2.51. The molecule has 0 saturated carbocycles. The van der Waals surface area contributed by atoms with Gasteiger partial charge in [-0.1, -0.05) is 23.7 Å². The van der Waals surface area contributed by atoms with E-state index in [4.69, 9.17) is 16.3 Å². The van der Waals surface area contributed by atoms with Crippen LogP contribution in [0, 0.1) is 0 Å². The molecule has 0 aliphatic rings. The zero-order valence-corrected chi connectivity index (χ0v) is 14.6. The Morgan fingerprint density at radius 1 is 1.17 bits per heavy atom. The van der Waals surface area contributed by atoms with Gasteiger partial charge in [0.15, 0.2) is 5.78 Å². The van der Waals surface area contributed by atoms with Crippen molar-refractivity contribution in [2.24, 2.45) is 0 Å². The van der Waals surface area contributed by atoms with Crippen molar-refractivity contribution in [3.63, 3.8) is 0 Å². The quantitative estimate of drug-likeness (QED) is 0.696. The van der Waals surface area contributed by atoms with Gasteiger partial charge in [-0.25, -0.2) is 0 Å². The second-order valence-corrected chi connectivity index (χ2v) is 6.05. The summed E-state index contributed by atoms with van der Waals surface area (Å²) in [6, 6.07) is 13.5. The van der Waals surface area contributed by atoms with E-state index in [-0.39, 0.29) is 5.78 Å².